The van der Waals surface area contributed by atoms with Crippen molar-refractivity contribution in [3.8, 4) is 5.75 Å². The van der Waals surface area contributed by atoms with Gasteiger partial charge in [-0.25, -0.2) is 0 Å². The van der Waals surface area contributed by atoms with E-state index in [-0.39, 0.29) is 11.8 Å². The Labute approximate surface area is 116 Å². The van der Waals surface area contributed by atoms with E-state index >= 15 is 0 Å². The fraction of sp³-hybridized carbons (Fsp3) is 0.571. The first-order valence-corrected chi connectivity index (χ1v) is 7.69. The quantitative estimate of drug-likeness (QED) is 0.889. The SMILES string of the molecule is CC(NC1CCCSC1)c1cccc(OC(F)F)c1. The molecule has 2 atom stereocenters. The molecule has 1 saturated heterocycles. The first-order valence-electron chi connectivity index (χ1n) is 6.53. The van der Waals surface area contributed by atoms with Gasteiger partial charge in [-0.3, -0.25) is 0 Å². The topological polar surface area (TPSA) is 21.3 Å². The van der Waals surface area contributed by atoms with E-state index < -0.39 is 6.61 Å². The Kier molecular flexibility index (Phi) is 5.45. The lowest BCUT2D eigenvalue weighted by Gasteiger charge is -2.26. The van der Waals surface area contributed by atoms with Crippen molar-refractivity contribution in [1.82, 2.24) is 5.32 Å². The number of hydrogen-bond acceptors (Lipinski definition) is 3. The number of alkyl halides is 2. The Bertz CT molecular complexity index is 397. The zero-order valence-electron chi connectivity index (χ0n) is 10.9. The summed E-state index contributed by atoms with van der Waals surface area (Å²) in [4.78, 5) is 0. The second kappa shape index (κ2) is 7.10. The van der Waals surface area contributed by atoms with Crippen molar-refractivity contribution in [2.24, 2.45) is 0 Å². The molecule has 0 saturated carbocycles. The highest BCUT2D eigenvalue weighted by Crippen LogP contribution is 2.23. The Morgan fingerprint density at radius 1 is 1.42 bits per heavy atom. The first-order chi connectivity index (χ1) is 9.15. The molecule has 5 heteroatoms. The number of benzene rings is 1. The zero-order valence-corrected chi connectivity index (χ0v) is 11.8. The summed E-state index contributed by atoms with van der Waals surface area (Å²) in [6, 6.07) is 7.57. The molecule has 1 aliphatic rings. The Morgan fingerprint density at radius 3 is 2.95 bits per heavy atom. The summed E-state index contributed by atoms with van der Waals surface area (Å²) < 4.78 is 28.8. The maximum Gasteiger partial charge on any atom is 0.387 e. The van der Waals surface area contributed by atoms with Gasteiger partial charge in [0.15, 0.2) is 0 Å². The normalized spacial score (nSPS) is 21.4. The second-order valence-electron chi connectivity index (χ2n) is 4.75. The van der Waals surface area contributed by atoms with Crippen molar-refractivity contribution in [2.75, 3.05) is 11.5 Å². The van der Waals surface area contributed by atoms with Crippen LogP contribution in [0.15, 0.2) is 24.3 Å². The van der Waals surface area contributed by atoms with Gasteiger partial charge in [0, 0.05) is 17.8 Å². The molecule has 1 aliphatic heterocycles. The molecule has 2 rings (SSSR count). The minimum absolute atomic E-state index is 0.143. The third-order valence-corrected chi connectivity index (χ3v) is 4.44. The van der Waals surface area contributed by atoms with Gasteiger partial charge in [0.05, 0.1) is 0 Å². The number of rotatable bonds is 5. The van der Waals surface area contributed by atoms with Gasteiger partial charge in [-0.15, -0.1) is 0 Å². The van der Waals surface area contributed by atoms with Crippen LogP contribution in [0.25, 0.3) is 0 Å². The highest BCUT2D eigenvalue weighted by Gasteiger charge is 2.17. The summed E-state index contributed by atoms with van der Waals surface area (Å²) in [5, 5.41) is 3.55. The number of hydrogen-bond donors (Lipinski definition) is 1. The van der Waals surface area contributed by atoms with Crippen molar-refractivity contribution in [3.05, 3.63) is 29.8 Å². The van der Waals surface area contributed by atoms with Gasteiger partial charge in [-0.2, -0.15) is 20.5 Å². The van der Waals surface area contributed by atoms with Crippen LogP contribution in [-0.4, -0.2) is 24.2 Å². The van der Waals surface area contributed by atoms with E-state index in [4.69, 9.17) is 0 Å². The fourth-order valence-electron chi connectivity index (χ4n) is 2.28. The van der Waals surface area contributed by atoms with E-state index in [1.165, 1.54) is 18.6 Å². The second-order valence-corrected chi connectivity index (χ2v) is 5.90. The molecule has 2 nitrogen and oxygen atoms in total. The van der Waals surface area contributed by atoms with E-state index in [2.05, 4.69) is 17.0 Å². The summed E-state index contributed by atoms with van der Waals surface area (Å²) in [6.07, 6.45) is 2.42. The average molecular weight is 287 g/mol. The predicted octanol–water partition coefficient (Wildman–Crippen LogP) is 3.83. The monoisotopic (exact) mass is 287 g/mol. The van der Waals surface area contributed by atoms with Gasteiger partial charge in [0.1, 0.15) is 5.75 Å². The van der Waals surface area contributed by atoms with Gasteiger partial charge in [0.2, 0.25) is 0 Å². The van der Waals surface area contributed by atoms with Crippen molar-refractivity contribution >= 4 is 11.8 Å². The summed E-state index contributed by atoms with van der Waals surface area (Å²) in [5.74, 6) is 2.58. The lowest BCUT2D eigenvalue weighted by molar-refractivity contribution is -0.0499. The maximum absolute atomic E-state index is 12.2. The molecule has 0 aliphatic carbocycles. The molecule has 106 valence electrons. The van der Waals surface area contributed by atoms with Crippen LogP contribution < -0.4 is 10.1 Å². The Hall–Kier alpha value is -0.810. The van der Waals surface area contributed by atoms with Gasteiger partial charge in [-0.05, 0) is 43.2 Å². The lowest BCUT2D eigenvalue weighted by atomic mass is 10.1. The molecule has 19 heavy (non-hydrogen) atoms. The van der Waals surface area contributed by atoms with Crippen LogP contribution in [0.5, 0.6) is 5.75 Å². The average Bonchev–Trinajstić information content (AvgIpc) is 2.39. The summed E-state index contributed by atoms with van der Waals surface area (Å²) in [5.41, 5.74) is 0.980. The van der Waals surface area contributed by atoms with Crippen molar-refractivity contribution in [2.45, 2.75) is 38.5 Å². The molecule has 1 aromatic rings. The highest BCUT2D eigenvalue weighted by molar-refractivity contribution is 7.99. The lowest BCUT2D eigenvalue weighted by Crippen LogP contribution is -2.35. The largest absolute Gasteiger partial charge is 0.435 e. The predicted molar refractivity (Wildman–Crippen MR) is 75.0 cm³/mol. The molecule has 0 spiro atoms. The van der Waals surface area contributed by atoms with E-state index in [0.717, 1.165) is 11.3 Å². The molecule has 0 amide bonds. The summed E-state index contributed by atoms with van der Waals surface area (Å²) in [6.45, 7) is -0.714. The minimum atomic E-state index is -2.77. The zero-order chi connectivity index (χ0) is 13.7. The van der Waals surface area contributed by atoms with Gasteiger partial charge in [-0.1, -0.05) is 12.1 Å². The molecule has 0 aromatic heterocycles. The molecular weight excluding hydrogens is 268 g/mol. The molecule has 1 heterocycles. The number of thioether (sulfide) groups is 1. The maximum atomic E-state index is 12.2. The van der Waals surface area contributed by atoms with Crippen molar-refractivity contribution in [3.63, 3.8) is 0 Å². The third-order valence-electron chi connectivity index (χ3n) is 3.23. The van der Waals surface area contributed by atoms with E-state index in [1.54, 1.807) is 18.2 Å². The Morgan fingerprint density at radius 2 is 2.26 bits per heavy atom. The number of ether oxygens (including phenoxy) is 1. The van der Waals surface area contributed by atoms with Crippen molar-refractivity contribution in [1.29, 1.82) is 0 Å². The molecular formula is C14H19F2NOS. The molecule has 1 fully saturated rings. The van der Waals surface area contributed by atoms with Gasteiger partial charge < -0.3 is 10.1 Å². The van der Waals surface area contributed by atoms with Gasteiger partial charge >= 0.3 is 6.61 Å². The van der Waals surface area contributed by atoms with Crippen LogP contribution >= 0.6 is 11.8 Å². The Balaban J connectivity index is 1.95. The van der Waals surface area contributed by atoms with E-state index in [9.17, 15) is 8.78 Å². The standard InChI is InChI=1S/C14H19F2NOS/c1-10(17-12-5-3-7-19-9-12)11-4-2-6-13(8-11)18-14(15)16/h2,4,6,8,10,12,14,17H,3,5,7,9H2,1H3. The smallest absolute Gasteiger partial charge is 0.387 e. The van der Waals surface area contributed by atoms with Crippen molar-refractivity contribution < 1.29 is 13.5 Å². The number of nitrogens with one attached hydrogen (secondary N) is 1. The van der Waals surface area contributed by atoms with Crippen LogP contribution in [0.4, 0.5) is 8.78 Å². The van der Waals surface area contributed by atoms with Crippen LogP contribution in [0.3, 0.4) is 0 Å². The van der Waals surface area contributed by atoms with Crippen LogP contribution in [-0.2, 0) is 0 Å². The third kappa shape index (κ3) is 4.66. The van der Waals surface area contributed by atoms with E-state index in [1.807, 2.05) is 17.8 Å². The summed E-state index contributed by atoms with van der Waals surface area (Å²) in [7, 11) is 0. The fourth-order valence-corrected chi connectivity index (χ4v) is 3.37. The van der Waals surface area contributed by atoms with E-state index in [0.29, 0.717) is 6.04 Å². The van der Waals surface area contributed by atoms with Crippen LogP contribution in [0.1, 0.15) is 31.4 Å². The highest BCUT2D eigenvalue weighted by atomic mass is 32.2. The molecule has 0 radical (unpaired) electrons. The van der Waals surface area contributed by atoms with Crippen LogP contribution in [0, 0.1) is 0 Å². The molecule has 1 N–H and O–H groups in total. The first kappa shape index (κ1) is 14.6. The minimum Gasteiger partial charge on any atom is -0.435 e. The van der Waals surface area contributed by atoms with Crippen LogP contribution in [0.2, 0.25) is 0 Å². The summed E-state index contributed by atoms with van der Waals surface area (Å²) >= 11 is 1.97. The molecule has 2 unspecified atom stereocenters. The molecule has 0 bridgehead atoms. The molecule has 1 aromatic carbocycles. The number of halogens is 2. The van der Waals surface area contributed by atoms with Gasteiger partial charge in [0.25, 0.3) is 0 Å².